The van der Waals surface area contributed by atoms with Crippen molar-refractivity contribution >= 4 is 0 Å². The molecular formula is C10H21NO. The molecule has 1 aliphatic heterocycles. The maximum Gasteiger partial charge on any atom is 0.0814 e. The first-order valence-electron chi connectivity index (χ1n) is 4.94. The predicted octanol–water partition coefficient (Wildman–Crippen LogP) is 1.80. The van der Waals surface area contributed by atoms with Gasteiger partial charge in [0, 0.05) is 13.7 Å². The van der Waals surface area contributed by atoms with Crippen molar-refractivity contribution in [2.75, 3.05) is 20.2 Å². The van der Waals surface area contributed by atoms with Gasteiger partial charge in [-0.1, -0.05) is 13.8 Å². The Kier molecular flexibility index (Phi) is 3.53. The molecule has 0 amide bonds. The van der Waals surface area contributed by atoms with Gasteiger partial charge in [0.15, 0.2) is 0 Å². The third-order valence-corrected chi connectivity index (χ3v) is 2.81. The Morgan fingerprint density at radius 1 is 1.50 bits per heavy atom. The van der Waals surface area contributed by atoms with E-state index in [9.17, 15) is 0 Å². The summed E-state index contributed by atoms with van der Waals surface area (Å²) in [7, 11) is 1.84. The second-order valence-electron chi connectivity index (χ2n) is 4.25. The average molecular weight is 171 g/mol. The van der Waals surface area contributed by atoms with Gasteiger partial charge in [0.25, 0.3) is 0 Å². The minimum Gasteiger partial charge on any atom is -0.377 e. The van der Waals surface area contributed by atoms with E-state index in [1.54, 1.807) is 0 Å². The molecule has 0 aromatic rings. The van der Waals surface area contributed by atoms with E-state index in [0.717, 1.165) is 19.0 Å². The maximum atomic E-state index is 5.59. The number of ether oxygens (including phenoxy) is 1. The lowest BCUT2D eigenvalue weighted by atomic mass is 9.92. The second kappa shape index (κ2) is 4.24. The van der Waals surface area contributed by atoms with Crippen molar-refractivity contribution in [1.82, 2.24) is 5.32 Å². The number of hydrogen-bond acceptors (Lipinski definition) is 2. The molecule has 0 bridgehead atoms. The van der Waals surface area contributed by atoms with Crippen molar-refractivity contribution in [3.05, 3.63) is 0 Å². The highest BCUT2D eigenvalue weighted by Gasteiger charge is 2.32. The molecule has 1 fully saturated rings. The van der Waals surface area contributed by atoms with Crippen LogP contribution in [0.4, 0.5) is 0 Å². The van der Waals surface area contributed by atoms with Gasteiger partial charge in [-0.2, -0.15) is 0 Å². The fourth-order valence-electron chi connectivity index (χ4n) is 1.76. The molecule has 1 rings (SSSR count). The molecule has 0 aromatic carbocycles. The van der Waals surface area contributed by atoms with Crippen LogP contribution in [0.3, 0.4) is 0 Å². The summed E-state index contributed by atoms with van der Waals surface area (Å²) >= 11 is 0. The van der Waals surface area contributed by atoms with Crippen molar-refractivity contribution in [1.29, 1.82) is 0 Å². The van der Waals surface area contributed by atoms with Crippen molar-refractivity contribution < 1.29 is 4.74 Å². The number of nitrogens with one attached hydrogen (secondary N) is 1. The van der Waals surface area contributed by atoms with Crippen LogP contribution in [-0.4, -0.2) is 25.8 Å². The number of hydrogen-bond donors (Lipinski definition) is 1. The first kappa shape index (κ1) is 10.0. The molecule has 1 saturated heterocycles. The summed E-state index contributed by atoms with van der Waals surface area (Å²) in [6.07, 6.45) is 3.65. The number of rotatable bonds is 4. The summed E-state index contributed by atoms with van der Waals surface area (Å²) in [6, 6.07) is 0. The van der Waals surface area contributed by atoms with Gasteiger partial charge >= 0.3 is 0 Å². The first-order valence-corrected chi connectivity index (χ1v) is 4.94. The maximum absolute atomic E-state index is 5.59. The quantitative estimate of drug-likeness (QED) is 0.696. The van der Waals surface area contributed by atoms with Crippen molar-refractivity contribution in [2.24, 2.45) is 5.92 Å². The van der Waals surface area contributed by atoms with Crippen molar-refractivity contribution in [3.63, 3.8) is 0 Å². The van der Waals surface area contributed by atoms with Gasteiger partial charge in [0.2, 0.25) is 0 Å². The molecule has 0 aliphatic carbocycles. The Balaban J connectivity index is 2.34. The summed E-state index contributed by atoms with van der Waals surface area (Å²) in [6.45, 7) is 6.69. The Morgan fingerprint density at radius 3 is 2.67 bits per heavy atom. The molecule has 1 atom stereocenters. The Bertz CT molecular complexity index is 128. The fraction of sp³-hybridized carbons (Fsp3) is 1.00. The summed E-state index contributed by atoms with van der Waals surface area (Å²) in [5.41, 5.74) is 0.157. The van der Waals surface area contributed by atoms with Gasteiger partial charge in [0.05, 0.1) is 5.60 Å². The van der Waals surface area contributed by atoms with Gasteiger partial charge in [0.1, 0.15) is 0 Å². The third-order valence-electron chi connectivity index (χ3n) is 2.81. The van der Waals surface area contributed by atoms with E-state index in [1.807, 2.05) is 7.11 Å². The zero-order valence-corrected chi connectivity index (χ0v) is 8.52. The molecule has 2 heteroatoms. The highest BCUT2D eigenvalue weighted by molar-refractivity contribution is 4.89. The van der Waals surface area contributed by atoms with E-state index in [4.69, 9.17) is 4.74 Å². The topological polar surface area (TPSA) is 21.3 Å². The molecule has 2 nitrogen and oxygen atoms in total. The van der Waals surface area contributed by atoms with E-state index in [0.29, 0.717) is 0 Å². The minimum absolute atomic E-state index is 0.157. The lowest BCUT2D eigenvalue weighted by Crippen LogP contribution is -2.34. The molecular weight excluding hydrogens is 150 g/mol. The van der Waals surface area contributed by atoms with Gasteiger partial charge in [-0.05, 0) is 31.7 Å². The van der Waals surface area contributed by atoms with Crippen LogP contribution in [0.25, 0.3) is 0 Å². The third kappa shape index (κ3) is 2.46. The minimum atomic E-state index is 0.157. The van der Waals surface area contributed by atoms with Gasteiger partial charge in [-0.3, -0.25) is 0 Å². The molecule has 72 valence electrons. The SMILES string of the molecule is COC1(CCC(C)C)CCNC1. The summed E-state index contributed by atoms with van der Waals surface area (Å²) in [5.74, 6) is 0.789. The van der Waals surface area contributed by atoms with E-state index in [-0.39, 0.29) is 5.60 Å². The van der Waals surface area contributed by atoms with E-state index in [1.165, 1.54) is 19.3 Å². The monoisotopic (exact) mass is 171 g/mol. The Hall–Kier alpha value is -0.0800. The number of methoxy groups -OCH3 is 1. The molecule has 12 heavy (non-hydrogen) atoms. The lowest BCUT2D eigenvalue weighted by molar-refractivity contribution is -0.00371. The van der Waals surface area contributed by atoms with Crippen molar-refractivity contribution in [2.45, 2.75) is 38.7 Å². The highest BCUT2D eigenvalue weighted by Crippen LogP contribution is 2.26. The van der Waals surface area contributed by atoms with Crippen LogP contribution in [0.2, 0.25) is 0 Å². The van der Waals surface area contributed by atoms with E-state index >= 15 is 0 Å². The molecule has 1 aliphatic rings. The van der Waals surface area contributed by atoms with Crippen LogP contribution < -0.4 is 5.32 Å². The van der Waals surface area contributed by atoms with Crippen LogP contribution in [0.5, 0.6) is 0 Å². The van der Waals surface area contributed by atoms with Crippen LogP contribution >= 0.6 is 0 Å². The summed E-state index contributed by atoms with van der Waals surface area (Å²) in [5, 5.41) is 3.36. The molecule has 0 aromatic heterocycles. The van der Waals surface area contributed by atoms with Gasteiger partial charge in [-0.25, -0.2) is 0 Å². The standard InChI is InChI=1S/C10H21NO/c1-9(2)4-5-10(12-3)6-7-11-8-10/h9,11H,4-8H2,1-3H3. The van der Waals surface area contributed by atoms with Crippen molar-refractivity contribution in [3.8, 4) is 0 Å². The summed E-state index contributed by atoms with van der Waals surface area (Å²) < 4.78 is 5.59. The Morgan fingerprint density at radius 2 is 2.25 bits per heavy atom. The van der Waals surface area contributed by atoms with Crippen LogP contribution in [0.15, 0.2) is 0 Å². The van der Waals surface area contributed by atoms with E-state index in [2.05, 4.69) is 19.2 Å². The molecule has 1 unspecified atom stereocenters. The van der Waals surface area contributed by atoms with E-state index < -0.39 is 0 Å². The molecule has 1 N–H and O–H groups in total. The summed E-state index contributed by atoms with van der Waals surface area (Å²) in [4.78, 5) is 0. The van der Waals surface area contributed by atoms with Crippen LogP contribution in [-0.2, 0) is 4.74 Å². The molecule has 0 spiro atoms. The average Bonchev–Trinajstić information content (AvgIpc) is 2.50. The lowest BCUT2D eigenvalue weighted by Gasteiger charge is -2.27. The zero-order valence-electron chi connectivity index (χ0n) is 8.52. The van der Waals surface area contributed by atoms with Gasteiger partial charge < -0.3 is 10.1 Å². The fourth-order valence-corrected chi connectivity index (χ4v) is 1.76. The Labute approximate surface area is 75.7 Å². The molecule has 0 saturated carbocycles. The highest BCUT2D eigenvalue weighted by atomic mass is 16.5. The van der Waals surface area contributed by atoms with Crippen LogP contribution in [0.1, 0.15) is 33.1 Å². The normalized spacial score (nSPS) is 30.0. The largest absolute Gasteiger partial charge is 0.377 e. The smallest absolute Gasteiger partial charge is 0.0814 e. The van der Waals surface area contributed by atoms with Gasteiger partial charge in [-0.15, -0.1) is 0 Å². The molecule has 1 heterocycles. The first-order chi connectivity index (χ1) is 5.68. The molecule has 0 radical (unpaired) electrons. The zero-order chi connectivity index (χ0) is 9.03. The second-order valence-corrected chi connectivity index (χ2v) is 4.25. The van der Waals surface area contributed by atoms with Crippen LogP contribution in [0, 0.1) is 5.92 Å². The predicted molar refractivity (Wildman–Crippen MR) is 51.3 cm³/mol.